The summed E-state index contributed by atoms with van der Waals surface area (Å²) in [5.41, 5.74) is 1.31. The lowest BCUT2D eigenvalue weighted by molar-refractivity contribution is 0.631. The highest BCUT2D eigenvalue weighted by atomic mass is 15.1. The zero-order valence-electron chi connectivity index (χ0n) is 8.37. The first kappa shape index (κ1) is 10.2. The maximum absolute atomic E-state index is 3.85. The molecule has 2 heteroatoms. The van der Waals surface area contributed by atoms with Gasteiger partial charge in [-0.2, -0.15) is 10.2 Å². The third kappa shape index (κ3) is 4.61. The molecular weight excluding hydrogens is 160 g/mol. The minimum atomic E-state index is 1.15. The Hall–Kier alpha value is -0.920. The lowest BCUT2D eigenvalue weighted by Crippen LogP contribution is -1.88. The van der Waals surface area contributed by atoms with Crippen LogP contribution in [0.15, 0.2) is 18.5 Å². The van der Waals surface area contributed by atoms with Gasteiger partial charge in [-0.15, -0.1) is 0 Å². The fourth-order valence-corrected chi connectivity index (χ4v) is 1.40. The van der Waals surface area contributed by atoms with E-state index in [2.05, 4.69) is 17.1 Å². The molecule has 0 spiro atoms. The zero-order chi connectivity index (χ0) is 9.36. The largest absolute Gasteiger partial charge is 0.159 e. The number of hydrogen-bond acceptors (Lipinski definition) is 2. The molecule has 0 saturated heterocycles. The Morgan fingerprint density at radius 1 is 1.08 bits per heavy atom. The maximum atomic E-state index is 3.85. The molecule has 0 bridgehead atoms. The average Bonchev–Trinajstić information content (AvgIpc) is 2.19. The fraction of sp³-hybridized carbons (Fsp3) is 0.636. The standard InChI is InChI=1S/C11H18N2/c1-2-3-4-5-6-7-11-8-9-12-13-10-11/h8-10H,2-7H2,1H3. The molecular formula is C11H18N2. The van der Waals surface area contributed by atoms with Gasteiger partial charge in [0.25, 0.3) is 0 Å². The van der Waals surface area contributed by atoms with Crippen LogP contribution in [-0.2, 0) is 6.42 Å². The van der Waals surface area contributed by atoms with Crippen LogP contribution in [0.3, 0.4) is 0 Å². The molecule has 0 amide bonds. The van der Waals surface area contributed by atoms with Crippen LogP contribution in [-0.4, -0.2) is 10.2 Å². The monoisotopic (exact) mass is 178 g/mol. The van der Waals surface area contributed by atoms with Gasteiger partial charge in [-0.05, 0) is 24.5 Å². The summed E-state index contributed by atoms with van der Waals surface area (Å²) in [5, 5.41) is 7.60. The van der Waals surface area contributed by atoms with Crippen LogP contribution >= 0.6 is 0 Å². The highest BCUT2D eigenvalue weighted by Gasteiger charge is 1.92. The molecule has 0 aromatic carbocycles. The number of unbranched alkanes of at least 4 members (excludes halogenated alkanes) is 4. The van der Waals surface area contributed by atoms with Crippen LogP contribution in [0, 0.1) is 0 Å². The van der Waals surface area contributed by atoms with E-state index >= 15 is 0 Å². The highest BCUT2D eigenvalue weighted by Crippen LogP contribution is 2.06. The lowest BCUT2D eigenvalue weighted by atomic mass is 10.1. The second-order valence-electron chi connectivity index (χ2n) is 3.41. The molecule has 1 aromatic rings. The minimum absolute atomic E-state index is 1.15. The van der Waals surface area contributed by atoms with Gasteiger partial charge in [-0.25, -0.2) is 0 Å². The van der Waals surface area contributed by atoms with Crippen molar-refractivity contribution in [2.75, 3.05) is 0 Å². The fourth-order valence-electron chi connectivity index (χ4n) is 1.40. The summed E-state index contributed by atoms with van der Waals surface area (Å²) in [6, 6.07) is 2.05. The van der Waals surface area contributed by atoms with Crippen molar-refractivity contribution in [3.63, 3.8) is 0 Å². The Balaban J connectivity index is 2.07. The van der Waals surface area contributed by atoms with E-state index in [1.165, 1.54) is 37.7 Å². The molecule has 2 nitrogen and oxygen atoms in total. The van der Waals surface area contributed by atoms with E-state index in [0.29, 0.717) is 0 Å². The van der Waals surface area contributed by atoms with Gasteiger partial charge >= 0.3 is 0 Å². The first-order chi connectivity index (χ1) is 6.43. The molecule has 72 valence electrons. The molecule has 1 heterocycles. The van der Waals surface area contributed by atoms with E-state index in [1.54, 1.807) is 6.20 Å². The van der Waals surface area contributed by atoms with Crippen molar-refractivity contribution in [1.29, 1.82) is 0 Å². The van der Waals surface area contributed by atoms with Crippen molar-refractivity contribution >= 4 is 0 Å². The molecule has 0 saturated carbocycles. The molecule has 0 unspecified atom stereocenters. The summed E-state index contributed by atoms with van der Waals surface area (Å²) in [6.45, 7) is 2.24. The minimum Gasteiger partial charge on any atom is -0.159 e. The summed E-state index contributed by atoms with van der Waals surface area (Å²) in [6.07, 6.45) is 11.5. The Morgan fingerprint density at radius 3 is 2.62 bits per heavy atom. The molecule has 13 heavy (non-hydrogen) atoms. The van der Waals surface area contributed by atoms with Gasteiger partial charge in [0.2, 0.25) is 0 Å². The third-order valence-corrected chi connectivity index (χ3v) is 2.21. The van der Waals surface area contributed by atoms with E-state index < -0.39 is 0 Å². The van der Waals surface area contributed by atoms with E-state index in [0.717, 1.165) is 6.42 Å². The van der Waals surface area contributed by atoms with Crippen LogP contribution in [0.4, 0.5) is 0 Å². The van der Waals surface area contributed by atoms with Crippen LogP contribution in [0.5, 0.6) is 0 Å². The number of hydrogen-bond donors (Lipinski definition) is 0. The molecule has 0 N–H and O–H groups in total. The lowest BCUT2D eigenvalue weighted by Gasteiger charge is -1.99. The smallest absolute Gasteiger partial charge is 0.0528 e. The molecule has 0 fully saturated rings. The van der Waals surface area contributed by atoms with Gasteiger partial charge in [-0.1, -0.05) is 32.6 Å². The van der Waals surface area contributed by atoms with Crippen LogP contribution in [0.1, 0.15) is 44.6 Å². The summed E-state index contributed by atoms with van der Waals surface area (Å²) < 4.78 is 0. The topological polar surface area (TPSA) is 25.8 Å². The third-order valence-electron chi connectivity index (χ3n) is 2.21. The van der Waals surface area contributed by atoms with Crippen molar-refractivity contribution in [3.05, 3.63) is 24.0 Å². The van der Waals surface area contributed by atoms with Gasteiger partial charge in [-0.3, -0.25) is 0 Å². The number of aryl methyl sites for hydroxylation is 1. The molecule has 0 atom stereocenters. The van der Waals surface area contributed by atoms with E-state index in [4.69, 9.17) is 0 Å². The van der Waals surface area contributed by atoms with Gasteiger partial charge < -0.3 is 0 Å². The zero-order valence-corrected chi connectivity index (χ0v) is 8.37. The SMILES string of the molecule is CCCCCCCc1ccnnc1. The number of rotatable bonds is 6. The summed E-state index contributed by atoms with van der Waals surface area (Å²) in [5.74, 6) is 0. The summed E-state index contributed by atoms with van der Waals surface area (Å²) >= 11 is 0. The summed E-state index contributed by atoms with van der Waals surface area (Å²) in [4.78, 5) is 0. The number of aromatic nitrogens is 2. The summed E-state index contributed by atoms with van der Waals surface area (Å²) in [7, 11) is 0. The Morgan fingerprint density at radius 2 is 1.92 bits per heavy atom. The van der Waals surface area contributed by atoms with Crippen molar-refractivity contribution in [2.24, 2.45) is 0 Å². The van der Waals surface area contributed by atoms with Crippen LogP contribution < -0.4 is 0 Å². The number of nitrogens with zero attached hydrogens (tertiary/aromatic N) is 2. The molecule has 1 aromatic heterocycles. The van der Waals surface area contributed by atoms with Gasteiger partial charge in [0, 0.05) is 6.20 Å². The van der Waals surface area contributed by atoms with Crippen LogP contribution in [0.2, 0.25) is 0 Å². The van der Waals surface area contributed by atoms with Gasteiger partial charge in [0.1, 0.15) is 0 Å². The van der Waals surface area contributed by atoms with Crippen molar-refractivity contribution in [3.8, 4) is 0 Å². The van der Waals surface area contributed by atoms with Crippen molar-refractivity contribution in [2.45, 2.75) is 45.4 Å². The molecule has 0 aliphatic heterocycles. The molecule has 1 rings (SSSR count). The Labute approximate surface area is 80.4 Å². The van der Waals surface area contributed by atoms with E-state index in [1.807, 2.05) is 12.3 Å². The first-order valence-electron chi connectivity index (χ1n) is 5.19. The van der Waals surface area contributed by atoms with E-state index in [9.17, 15) is 0 Å². The van der Waals surface area contributed by atoms with Crippen LogP contribution in [0.25, 0.3) is 0 Å². The maximum Gasteiger partial charge on any atom is 0.0528 e. The normalized spacial score (nSPS) is 10.2. The predicted octanol–water partition coefficient (Wildman–Crippen LogP) is 2.99. The van der Waals surface area contributed by atoms with Gasteiger partial charge in [0.15, 0.2) is 0 Å². The predicted molar refractivity (Wildman–Crippen MR) is 54.5 cm³/mol. The quantitative estimate of drug-likeness (QED) is 0.626. The first-order valence-corrected chi connectivity index (χ1v) is 5.19. The second kappa shape index (κ2) is 6.58. The van der Waals surface area contributed by atoms with Crippen molar-refractivity contribution < 1.29 is 0 Å². The average molecular weight is 178 g/mol. The van der Waals surface area contributed by atoms with Crippen molar-refractivity contribution in [1.82, 2.24) is 10.2 Å². The Bertz CT molecular complexity index is 209. The highest BCUT2D eigenvalue weighted by molar-refractivity contribution is 5.04. The molecule has 0 radical (unpaired) electrons. The van der Waals surface area contributed by atoms with E-state index in [-0.39, 0.29) is 0 Å². The Kier molecular flexibility index (Phi) is 5.14. The second-order valence-corrected chi connectivity index (χ2v) is 3.41. The molecule has 0 aliphatic rings. The van der Waals surface area contributed by atoms with Gasteiger partial charge in [0.05, 0.1) is 6.20 Å². The molecule has 0 aliphatic carbocycles.